The number of carbonyl (C=O) groups is 5. The van der Waals surface area contributed by atoms with E-state index in [9.17, 15) is 39.3 Å². The fourth-order valence-electron chi connectivity index (χ4n) is 5.10. The van der Waals surface area contributed by atoms with E-state index in [4.69, 9.17) is 4.74 Å². The maximum absolute atomic E-state index is 12.8. The van der Waals surface area contributed by atoms with Gasteiger partial charge >= 0.3 is 17.9 Å². The van der Waals surface area contributed by atoms with Gasteiger partial charge in [0.05, 0.1) is 30.3 Å². The predicted octanol–water partition coefficient (Wildman–Crippen LogP) is 3.95. The van der Waals surface area contributed by atoms with Gasteiger partial charge in [0.15, 0.2) is 5.78 Å². The summed E-state index contributed by atoms with van der Waals surface area (Å²) in [5.41, 5.74) is 0.552. The number of esters is 3. The van der Waals surface area contributed by atoms with Gasteiger partial charge < -0.3 is 24.8 Å². The van der Waals surface area contributed by atoms with Crippen LogP contribution in [0.1, 0.15) is 93.4 Å². The monoisotopic (exact) mass is 606 g/mol. The van der Waals surface area contributed by atoms with E-state index in [0.29, 0.717) is 19.3 Å². The normalized spacial score (nSPS) is 19.5. The molecule has 10 heteroatoms. The van der Waals surface area contributed by atoms with Crippen molar-refractivity contribution in [2.75, 3.05) is 0 Å². The van der Waals surface area contributed by atoms with E-state index in [-0.39, 0.29) is 41.0 Å². The van der Waals surface area contributed by atoms with E-state index >= 15 is 0 Å². The fraction of sp³-hybridized carbons (Fsp3) is 0.667. The van der Waals surface area contributed by atoms with Crippen LogP contribution in [0.25, 0.3) is 0 Å². The molecule has 0 aromatic rings. The summed E-state index contributed by atoms with van der Waals surface area (Å²) in [5, 5.41) is 31.5. The first-order valence-corrected chi connectivity index (χ1v) is 15.1. The van der Waals surface area contributed by atoms with Gasteiger partial charge in [0.1, 0.15) is 11.9 Å². The van der Waals surface area contributed by atoms with Gasteiger partial charge in [-0.05, 0) is 63.0 Å². The van der Waals surface area contributed by atoms with Crippen LogP contribution >= 0.6 is 0 Å². The second-order valence-corrected chi connectivity index (χ2v) is 12.1. The maximum Gasteiger partial charge on any atom is 0.345 e. The van der Waals surface area contributed by atoms with E-state index in [1.807, 2.05) is 13.8 Å². The first kappa shape index (κ1) is 38.1. The Labute approximate surface area is 255 Å². The molecule has 1 heterocycles. The molecule has 0 unspecified atom stereocenters. The number of ketones is 2. The van der Waals surface area contributed by atoms with E-state index in [0.717, 1.165) is 18.4 Å². The predicted molar refractivity (Wildman–Crippen MR) is 160 cm³/mol. The van der Waals surface area contributed by atoms with Gasteiger partial charge in [-0.1, -0.05) is 47.3 Å². The molecule has 0 spiro atoms. The molecular weight excluding hydrogens is 556 g/mol. The highest BCUT2D eigenvalue weighted by Gasteiger charge is 2.36. The Kier molecular flexibility index (Phi) is 15.9. The Morgan fingerprint density at radius 2 is 1.53 bits per heavy atom. The van der Waals surface area contributed by atoms with Crippen molar-refractivity contribution < 1.29 is 48.8 Å². The van der Waals surface area contributed by atoms with Crippen molar-refractivity contribution in [1.82, 2.24) is 0 Å². The molecular formula is C33H50O10. The lowest BCUT2D eigenvalue weighted by atomic mass is 9.85. The highest BCUT2D eigenvalue weighted by atomic mass is 16.6. The molecule has 0 radical (unpaired) electrons. The fourth-order valence-corrected chi connectivity index (χ4v) is 5.10. The van der Waals surface area contributed by atoms with Gasteiger partial charge in [-0.25, -0.2) is 9.59 Å². The smallest absolute Gasteiger partial charge is 0.345 e. The molecule has 0 fully saturated rings. The van der Waals surface area contributed by atoms with Crippen molar-refractivity contribution in [3.63, 3.8) is 0 Å². The number of allylic oxidation sites excluding steroid dienone is 3. The zero-order chi connectivity index (χ0) is 33.0. The lowest BCUT2D eigenvalue weighted by Gasteiger charge is -2.27. The summed E-state index contributed by atoms with van der Waals surface area (Å²) in [6.45, 7) is 15.8. The van der Waals surface area contributed by atoms with E-state index in [2.05, 4.69) is 18.2 Å². The molecule has 1 rings (SSSR count). The molecule has 1 aliphatic heterocycles. The summed E-state index contributed by atoms with van der Waals surface area (Å²) >= 11 is 0. The quantitative estimate of drug-likeness (QED) is 0.0800. The maximum atomic E-state index is 12.8. The van der Waals surface area contributed by atoms with Gasteiger partial charge in [-0.2, -0.15) is 0 Å². The number of hydrogen-bond acceptors (Lipinski definition) is 10. The molecule has 0 aromatic heterocycles. The van der Waals surface area contributed by atoms with Crippen molar-refractivity contribution in [3.8, 4) is 0 Å². The van der Waals surface area contributed by atoms with Crippen molar-refractivity contribution in [2.24, 2.45) is 23.7 Å². The highest BCUT2D eigenvalue weighted by molar-refractivity contribution is 6.12. The van der Waals surface area contributed by atoms with Crippen LogP contribution in [-0.2, 0) is 33.4 Å². The van der Waals surface area contributed by atoms with Crippen molar-refractivity contribution in [3.05, 3.63) is 35.5 Å². The number of aliphatic hydroxyl groups is 3. The van der Waals surface area contributed by atoms with Crippen LogP contribution in [0.5, 0.6) is 0 Å². The lowest BCUT2D eigenvalue weighted by Crippen LogP contribution is -2.36. The first-order valence-electron chi connectivity index (χ1n) is 15.1. The molecule has 0 aliphatic carbocycles. The molecule has 0 saturated carbocycles. The zero-order valence-electron chi connectivity index (χ0n) is 26.6. The number of cyclic esters (lactones) is 2. The van der Waals surface area contributed by atoms with Crippen LogP contribution in [-0.4, -0.2) is 69.2 Å². The van der Waals surface area contributed by atoms with Crippen LogP contribution in [0.15, 0.2) is 35.5 Å². The molecule has 0 amide bonds. The standard InChI is InChI=1S/C33H50O10/c1-9-24(10-2)15-25(34)14-19(4)13-18(3)11-12-26(35)21(6)28(37)16-27(36)20(5)23(8)42-30(39)17-29(38)31-22(7)32(40)43-33(31)41/h9,15,18-21,23,26-27,29,35-36,38H,1,10-14,16-17H2,2-8H3/t18-,19-,20-,21+,23+,26-,27-,29+/m1/s1. The van der Waals surface area contributed by atoms with E-state index < -0.39 is 60.6 Å². The first-order chi connectivity index (χ1) is 20.0. The van der Waals surface area contributed by atoms with Crippen molar-refractivity contribution >= 4 is 29.5 Å². The number of hydrogen-bond donors (Lipinski definition) is 3. The van der Waals surface area contributed by atoms with Crippen LogP contribution in [0.2, 0.25) is 0 Å². The summed E-state index contributed by atoms with van der Waals surface area (Å²) in [4.78, 5) is 60.6. The van der Waals surface area contributed by atoms with E-state index in [1.165, 1.54) is 13.8 Å². The number of aliphatic hydroxyl groups excluding tert-OH is 3. The third-order valence-corrected chi connectivity index (χ3v) is 8.30. The van der Waals surface area contributed by atoms with Crippen molar-refractivity contribution in [1.29, 1.82) is 0 Å². The Morgan fingerprint density at radius 1 is 0.907 bits per heavy atom. The van der Waals surface area contributed by atoms with Crippen LogP contribution in [0.4, 0.5) is 0 Å². The molecule has 1 aliphatic rings. The SMILES string of the molecule is C=CC(=CC(=O)C[C@H](C)C[C@H](C)CC[C@@H](O)[C@H](C)C(=O)C[C@@H](O)[C@H](C)[C@H](C)OC(=O)C[C@H](O)C1=C(C)C(=O)OC1=O)CC. The lowest BCUT2D eigenvalue weighted by molar-refractivity contribution is -0.154. The molecule has 8 atom stereocenters. The minimum Gasteiger partial charge on any atom is -0.462 e. The Balaban J connectivity index is 2.51. The van der Waals surface area contributed by atoms with Crippen LogP contribution in [0.3, 0.4) is 0 Å². The molecule has 0 bridgehead atoms. The third-order valence-electron chi connectivity index (χ3n) is 8.30. The minimum absolute atomic E-state index is 0.0736. The average molecular weight is 607 g/mol. The largest absolute Gasteiger partial charge is 0.462 e. The summed E-state index contributed by atoms with van der Waals surface area (Å²) in [7, 11) is 0. The minimum atomic E-state index is -1.58. The number of Topliss-reactive ketones (excluding diaryl/α,β-unsaturated/α-hetero) is 1. The summed E-state index contributed by atoms with van der Waals surface area (Å²) in [5.74, 6) is -3.91. The Hall–Kier alpha value is -2.95. The van der Waals surface area contributed by atoms with Gasteiger partial charge in [-0.15, -0.1) is 0 Å². The molecule has 0 aromatic carbocycles. The zero-order valence-corrected chi connectivity index (χ0v) is 26.6. The topological polar surface area (TPSA) is 164 Å². The Morgan fingerprint density at radius 3 is 2.07 bits per heavy atom. The summed E-state index contributed by atoms with van der Waals surface area (Å²) in [6.07, 6.45) is 1.16. The van der Waals surface area contributed by atoms with Gasteiger partial charge in [0, 0.05) is 30.3 Å². The second-order valence-electron chi connectivity index (χ2n) is 12.1. The molecule has 242 valence electrons. The van der Waals surface area contributed by atoms with Crippen LogP contribution in [0, 0.1) is 23.7 Å². The second kappa shape index (κ2) is 18.0. The number of carbonyl (C=O) groups excluding carboxylic acids is 5. The average Bonchev–Trinajstić information content (AvgIpc) is 3.19. The van der Waals surface area contributed by atoms with Crippen LogP contribution < -0.4 is 0 Å². The number of rotatable bonds is 20. The molecule has 43 heavy (non-hydrogen) atoms. The molecule has 3 N–H and O–H groups in total. The van der Waals surface area contributed by atoms with Crippen molar-refractivity contribution in [2.45, 2.75) is 118 Å². The van der Waals surface area contributed by atoms with Gasteiger partial charge in [0.2, 0.25) is 0 Å². The summed E-state index contributed by atoms with van der Waals surface area (Å²) in [6, 6.07) is 0. The highest BCUT2D eigenvalue weighted by Crippen LogP contribution is 2.25. The molecule has 10 nitrogen and oxygen atoms in total. The van der Waals surface area contributed by atoms with E-state index in [1.54, 1.807) is 26.0 Å². The van der Waals surface area contributed by atoms with Gasteiger partial charge in [0.25, 0.3) is 0 Å². The number of ether oxygens (including phenoxy) is 2. The molecule has 0 saturated heterocycles. The third kappa shape index (κ3) is 12.3. The Bertz CT molecular complexity index is 1090. The van der Waals surface area contributed by atoms with Gasteiger partial charge in [-0.3, -0.25) is 14.4 Å². The summed E-state index contributed by atoms with van der Waals surface area (Å²) < 4.78 is 9.71.